The number of hydrogen-bond donors (Lipinski definition) is 2. The normalized spacial score (nSPS) is 10.7. The van der Waals surface area contributed by atoms with E-state index in [1.54, 1.807) is 12.1 Å². The molecule has 0 aliphatic carbocycles. The van der Waals surface area contributed by atoms with Crippen molar-refractivity contribution in [1.29, 1.82) is 0 Å². The van der Waals surface area contributed by atoms with E-state index in [0.29, 0.717) is 30.7 Å². The summed E-state index contributed by atoms with van der Waals surface area (Å²) in [5.41, 5.74) is 3.07. The van der Waals surface area contributed by atoms with Crippen LogP contribution in [-0.4, -0.2) is 27.2 Å². The number of nitrogens with zero attached hydrogens (tertiary/aromatic N) is 2. The minimum Gasteiger partial charge on any atom is -0.356 e. The predicted octanol–water partition coefficient (Wildman–Crippen LogP) is 3.80. The van der Waals surface area contributed by atoms with Gasteiger partial charge in [-0.1, -0.05) is 35.9 Å². The van der Waals surface area contributed by atoms with Gasteiger partial charge in [0.15, 0.2) is 10.6 Å². The van der Waals surface area contributed by atoms with E-state index >= 15 is 0 Å². The standard InChI is InChI=1S/C20H21FN4OS/c1-14-3-2-4-16(13-14)19-23-24-20(27)25(19)12-10-18(26)22-11-9-15-5-7-17(21)8-6-15/h2-8,13H,9-12H2,1H3,(H,22,26)(H,24,27). The molecule has 0 bridgehead atoms. The molecule has 2 N–H and O–H groups in total. The van der Waals surface area contributed by atoms with Crippen molar-refractivity contribution in [2.45, 2.75) is 26.3 Å². The van der Waals surface area contributed by atoms with Gasteiger partial charge in [-0.3, -0.25) is 14.5 Å². The Hall–Kier alpha value is -2.80. The van der Waals surface area contributed by atoms with Crippen LogP contribution >= 0.6 is 12.2 Å². The molecule has 1 amide bonds. The number of halogens is 1. The number of carbonyl (C=O) groups excluding carboxylic acids is 1. The first kappa shape index (κ1) is 19.0. The maximum Gasteiger partial charge on any atom is 0.221 e. The molecule has 3 rings (SSSR count). The van der Waals surface area contributed by atoms with Gasteiger partial charge in [0.05, 0.1) is 0 Å². The molecule has 140 valence electrons. The first-order valence-electron chi connectivity index (χ1n) is 8.76. The van der Waals surface area contributed by atoms with E-state index in [-0.39, 0.29) is 11.7 Å². The fraction of sp³-hybridized carbons (Fsp3) is 0.250. The maximum absolute atomic E-state index is 12.9. The summed E-state index contributed by atoms with van der Waals surface area (Å²) < 4.78 is 15.2. The summed E-state index contributed by atoms with van der Waals surface area (Å²) in [7, 11) is 0. The lowest BCUT2D eigenvalue weighted by molar-refractivity contribution is -0.121. The van der Waals surface area contributed by atoms with Crippen LogP contribution in [0.25, 0.3) is 11.4 Å². The number of amides is 1. The number of hydrogen-bond acceptors (Lipinski definition) is 3. The molecular formula is C20H21FN4OS. The van der Waals surface area contributed by atoms with Gasteiger partial charge in [0.1, 0.15) is 5.82 Å². The summed E-state index contributed by atoms with van der Waals surface area (Å²) in [5, 5.41) is 9.98. The second kappa shape index (κ2) is 8.73. The van der Waals surface area contributed by atoms with Gasteiger partial charge in [-0.25, -0.2) is 4.39 Å². The Balaban J connectivity index is 1.55. The molecule has 3 aromatic rings. The van der Waals surface area contributed by atoms with Gasteiger partial charge in [0, 0.05) is 25.1 Å². The third-order valence-corrected chi connectivity index (χ3v) is 4.56. The smallest absolute Gasteiger partial charge is 0.221 e. The van der Waals surface area contributed by atoms with E-state index in [2.05, 4.69) is 15.5 Å². The topological polar surface area (TPSA) is 62.7 Å². The largest absolute Gasteiger partial charge is 0.356 e. The second-order valence-electron chi connectivity index (χ2n) is 6.35. The van der Waals surface area contributed by atoms with Crippen molar-refractivity contribution in [3.05, 3.63) is 70.2 Å². The summed E-state index contributed by atoms with van der Waals surface area (Å²) in [4.78, 5) is 12.1. The molecule has 0 unspecified atom stereocenters. The zero-order valence-electron chi connectivity index (χ0n) is 15.0. The van der Waals surface area contributed by atoms with Gasteiger partial charge in [-0.15, -0.1) is 0 Å². The van der Waals surface area contributed by atoms with Gasteiger partial charge in [0.2, 0.25) is 5.91 Å². The van der Waals surface area contributed by atoms with Gasteiger partial charge >= 0.3 is 0 Å². The molecule has 1 heterocycles. The minimum absolute atomic E-state index is 0.0598. The van der Waals surface area contributed by atoms with Crippen LogP contribution in [0.3, 0.4) is 0 Å². The predicted molar refractivity (Wildman–Crippen MR) is 105 cm³/mol. The highest BCUT2D eigenvalue weighted by Gasteiger charge is 2.10. The third kappa shape index (κ3) is 5.10. The first-order chi connectivity index (χ1) is 13.0. The molecule has 0 atom stereocenters. The molecule has 0 spiro atoms. The Morgan fingerprint density at radius 3 is 2.78 bits per heavy atom. The number of aromatic nitrogens is 3. The number of aromatic amines is 1. The van der Waals surface area contributed by atoms with E-state index in [4.69, 9.17) is 12.2 Å². The molecule has 1 aromatic heterocycles. The lowest BCUT2D eigenvalue weighted by atomic mass is 10.1. The fourth-order valence-corrected chi connectivity index (χ4v) is 3.05. The molecule has 5 nitrogen and oxygen atoms in total. The van der Waals surface area contributed by atoms with Gasteiger partial charge in [0.25, 0.3) is 0 Å². The van der Waals surface area contributed by atoms with Crippen molar-refractivity contribution < 1.29 is 9.18 Å². The molecule has 0 fully saturated rings. The van der Waals surface area contributed by atoms with E-state index in [1.165, 1.54) is 12.1 Å². The van der Waals surface area contributed by atoms with Crippen LogP contribution in [0.2, 0.25) is 0 Å². The van der Waals surface area contributed by atoms with E-state index in [1.807, 2.05) is 35.8 Å². The van der Waals surface area contributed by atoms with Crippen molar-refractivity contribution in [2.75, 3.05) is 6.54 Å². The second-order valence-corrected chi connectivity index (χ2v) is 6.74. The van der Waals surface area contributed by atoms with Crippen LogP contribution in [0.4, 0.5) is 4.39 Å². The van der Waals surface area contributed by atoms with Crippen molar-refractivity contribution in [3.8, 4) is 11.4 Å². The summed E-state index contributed by atoms with van der Waals surface area (Å²) >= 11 is 5.30. The molecule has 0 aliphatic heterocycles. The Kier molecular flexibility index (Phi) is 6.13. The van der Waals surface area contributed by atoms with Crippen LogP contribution in [0.5, 0.6) is 0 Å². The van der Waals surface area contributed by atoms with Crippen molar-refractivity contribution in [2.24, 2.45) is 0 Å². The monoisotopic (exact) mass is 384 g/mol. The van der Waals surface area contributed by atoms with E-state index in [0.717, 1.165) is 22.5 Å². The van der Waals surface area contributed by atoms with Crippen molar-refractivity contribution in [1.82, 2.24) is 20.1 Å². The highest BCUT2D eigenvalue weighted by Crippen LogP contribution is 2.18. The molecule has 2 aromatic carbocycles. The third-order valence-electron chi connectivity index (χ3n) is 4.25. The van der Waals surface area contributed by atoms with Crippen LogP contribution in [-0.2, 0) is 17.8 Å². The van der Waals surface area contributed by atoms with E-state index in [9.17, 15) is 9.18 Å². The average molecular weight is 384 g/mol. The van der Waals surface area contributed by atoms with Crippen LogP contribution in [0, 0.1) is 17.5 Å². The Labute approximate surface area is 162 Å². The summed E-state index contributed by atoms with van der Waals surface area (Å²) in [6.07, 6.45) is 0.960. The highest BCUT2D eigenvalue weighted by atomic mass is 32.1. The summed E-state index contributed by atoms with van der Waals surface area (Å²) in [6, 6.07) is 14.3. The summed E-state index contributed by atoms with van der Waals surface area (Å²) in [6.45, 7) is 2.97. The number of H-pyrrole nitrogens is 1. The highest BCUT2D eigenvalue weighted by molar-refractivity contribution is 7.71. The van der Waals surface area contributed by atoms with Gasteiger partial charge in [-0.2, -0.15) is 5.10 Å². The van der Waals surface area contributed by atoms with Crippen LogP contribution in [0.1, 0.15) is 17.5 Å². The molecule has 0 radical (unpaired) electrons. The number of aryl methyl sites for hydroxylation is 1. The van der Waals surface area contributed by atoms with Crippen LogP contribution < -0.4 is 5.32 Å². The molecule has 7 heteroatoms. The molecule has 27 heavy (non-hydrogen) atoms. The number of carbonyl (C=O) groups is 1. The molecule has 0 aliphatic rings. The van der Waals surface area contributed by atoms with Crippen molar-refractivity contribution in [3.63, 3.8) is 0 Å². The molecule has 0 saturated carbocycles. The number of rotatable bonds is 7. The first-order valence-corrected chi connectivity index (χ1v) is 9.17. The lowest BCUT2D eigenvalue weighted by Gasteiger charge is -2.08. The summed E-state index contributed by atoms with van der Waals surface area (Å²) in [5.74, 6) is 0.405. The zero-order valence-corrected chi connectivity index (χ0v) is 15.9. The maximum atomic E-state index is 12.9. The van der Waals surface area contributed by atoms with Gasteiger partial charge in [-0.05, 0) is 49.3 Å². The Morgan fingerprint density at radius 2 is 2.04 bits per heavy atom. The Bertz CT molecular complexity index is 978. The molecule has 0 saturated heterocycles. The Morgan fingerprint density at radius 1 is 1.26 bits per heavy atom. The zero-order chi connectivity index (χ0) is 19.2. The lowest BCUT2D eigenvalue weighted by Crippen LogP contribution is -2.26. The average Bonchev–Trinajstić information content (AvgIpc) is 3.02. The quantitative estimate of drug-likeness (QED) is 0.609. The number of benzene rings is 2. The van der Waals surface area contributed by atoms with Crippen LogP contribution in [0.15, 0.2) is 48.5 Å². The SMILES string of the molecule is Cc1cccc(-c2n[nH]c(=S)n2CCC(=O)NCCc2ccc(F)cc2)c1. The van der Waals surface area contributed by atoms with Crippen molar-refractivity contribution >= 4 is 18.1 Å². The number of nitrogens with one attached hydrogen (secondary N) is 2. The fourth-order valence-electron chi connectivity index (χ4n) is 2.83. The van der Waals surface area contributed by atoms with E-state index < -0.39 is 0 Å². The van der Waals surface area contributed by atoms with Gasteiger partial charge < -0.3 is 5.32 Å². The molecular weight excluding hydrogens is 363 g/mol. The minimum atomic E-state index is -0.260.